The third-order valence-corrected chi connectivity index (χ3v) is 8.16. The molecule has 1 aliphatic carbocycles. The van der Waals surface area contributed by atoms with Crippen LogP contribution in [-0.4, -0.2) is 41.7 Å². The van der Waals surface area contributed by atoms with Gasteiger partial charge in [-0.05, 0) is 38.2 Å². The molecule has 3 unspecified atom stereocenters. The van der Waals surface area contributed by atoms with Crippen LogP contribution in [0.2, 0.25) is 0 Å². The maximum absolute atomic E-state index is 13.3. The minimum absolute atomic E-state index is 0.0400. The second-order valence-electron chi connectivity index (χ2n) is 9.66. The van der Waals surface area contributed by atoms with E-state index in [-0.39, 0.29) is 18.0 Å². The average molecular weight is 371 g/mol. The van der Waals surface area contributed by atoms with Crippen molar-refractivity contribution in [3.05, 3.63) is 35.9 Å². The Morgan fingerprint density at radius 1 is 1.00 bits per heavy atom. The topological polar surface area (TPSA) is 26.3 Å². The average Bonchev–Trinajstić information content (AvgIpc) is 3.21. The van der Waals surface area contributed by atoms with Crippen LogP contribution in [0.5, 0.6) is 0 Å². The predicted octanol–water partition coefficient (Wildman–Crippen LogP) is 5.05. The summed E-state index contributed by atoms with van der Waals surface area (Å²) in [6, 6.07) is 12.3. The highest BCUT2D eigenvalue weighted by molar-refractivity contribution is 5.78. The monoisotopic (exact) mass is 370 g/mol. The number of fused-ring (bicyclic) bond motifs is 2. The third kappa shape index (κ3) is 3.44. The number of esters is 1. The Bertz CT molecular complexity index is 636. The lowest BCUT2D eigenvalue weighted by atomic mass is 9.84. The summed E-state index contributed by atoms with van der Waals surface area (Å²) < 4.78 is 7.40. The minimum atomic E-state index is -0.0701. The fourth-order valence-corrected chi connectivity index (χ4v) is 6.36. The molecule has 27 heavy (non-hydrogen) atoms. The van der Waals surface area contributed by atoms with Crippen LogP contribution in [0.25, 0.3) is 0 Å². The summed E-state index contributed by atoms with van der Waals surface area (Å²) >= 11 is 0. The van der Waals surface area contributed by atoms with Gasteiger partial charge in [-0.2, -0.15) is 0 Å². The van der Waals surface area contributed by atoms with E-state index in [4.69, 9.17) is 4.74 Å². The summed E-state index contributed by atoms with van der Waals surface area (Å²) in [6.45, 7) is 4.70. The Kier molecular flexibility index (Phi) is 5.33. The molecule has 0 N–H and O–H groups in total. The zero-order valence-electron chi connectivity index (χ0n) is 17.3. The van der Waals surface area contributed by atoms with Gasteiger partial charge >= 0.3 is 5.97 Å². The Hall–Kier alpha value is -1.35. The molecule has 3 fully saturated rings. The molecule has 3 aliphatic rings. The summed E-state index contributed by atoms with van der Waals surface area (Å²) in [4.78, 5) is 13.3. The van der Waals surface area contributed by atoms with E-state index < -0.39 is 0 Å². The lowest BCUT2D eigenvalue weighted by Gasteiger charge is -2.49. The number of hydrogen-bond acceptors (Lipinski definition) is 2. The van der Waals surface area contributed by atoms with Crippen LogP contribution in [0, 0.1) is 5.92 Å². The number of rotatable bonds is 5. The highest BCUT2D eigenvalue weighted by Gasteiger charge is 2.54. The number of hydrogen-bond donors (Lipinski definition) is 0. The van der Waals surface area contributed by atoms with Crippen molar-refractivity contribution >= 4 is 5.97 Å². The molecule has 3 nitrogen and oxygen atoms in total. The van der Waals surface area contributed by atoms with Crippen molar-refractivity contribution < 1.29 is 14.0 Å². The van der Waals surface area contributed by atoms with Crippen LogP contribution < -0.4 is 0 Å². The van der Waals surface area contributed by atoms with Gasteiger partial charge in [0, 0.05) is 25.7 Å². The van der Waals surface area contributed by atoms with Crippen LogP contribution in [0.15, 0.2) is 30.3 Å². The lowest BCUT2D eigenvalue weighted by Crippen LogP contribution is -2.62. The largest absolute Gasteiger partial charge is 0.461 e. The first-order valence-corrected chi connectivity index (χ1v) is 11.1. The molecule has 2 heterocycles. The molecule has 2 saturated heterocycles. The van der Waals surface area contributed by atoms with Crippen molar-refractivity contribution in [1.82, 2.24) is 0 Å². The van der Waals surface area contributed by atoms with Crippen molar-refractivity contribution in [2.24, 2.45) is 5.92 Å². The Balaban J connectivity index is 1.48. The summed E-state index contributed by atoms with van der Waals surface area (Å²) in [5, 5.41) is 0. The summed E-state index contributed by atoms with van der Waals surface area (Å²) in [6.07, 6.45) is 9.60. The van der Waals surface area contributed by atoms with E-state index in [1.807, 2.05) is 6.07 Å². The molecule has 0 amide bonds. The third-order valence-electron chi connectivity index (χ3n) is 8.16. The molecule has 4 rings (SSSR count). The molecule has 1 aromatic rings. The highest BCUT2D eigenvalue weighted by atomic mass is 16.5. The molecule has 2 bridgehead atoms. The first-order chi connectivity index (χ1) is 13.0. The molecule has 3 heteroatoms. The number of piperidine rings is 1. The highest BCUT2D eigenvalue weighted by Crippen LogP contribution is 2.45. The zero-order chi connectivity index (χ0) is 19.0. The number of benzene rings is 1. The van der Waals surface area contributed by atoms with E-state index in [2.05, 4.69) is 45.2 Å². The fourth-order valence-electron chi connectivity index (χ4n) is 6.36. The smallest absolute Gasteiger partial charge is 0.313 e. The lowest BCUT2D eigenvalue weighted by molar-refractivity contribution is -0.968. The maximum atomic E-state index is 13.3. The molecule has 1 saturated carbocycles. The van der Waals surface area contributed by atoms with Gasteiger partial charge in [0.25, 0.3) is 0 Å². The Morgan fingerprint density at radius 2 is 1.59 bits per heavy atom. The van der Waals surface area contributed by atoms with Crippen LogP contribution in [-0.2, 0) is 9.53 Å². The fraction of sp³-hybridized carbons (Fsp3) is 0.708. The van der Waals surface area contributed by atoms with E-state index in [9.17, 15) is 4.79 Å². The van der Waals surface area contributed by atoms with Gasteiger partial charge in [0.15, 0.2) is 0 Å². The second kappa shape index (κ2) is 7.58. The van der Waals surface area contributed by atoms with Gasteiger partial charge in [-0.1, -0.05) is 43.2 Å². The normalized spacial score (nSPS) is 34.7. The number of carbonyl (C=O) groups is 1. The first kappa shape index (κ1) is 19.0. The van der Waals surface area contributed by atoms with E-state index >= 15 is 0 Å². The van der Waals surface area contributed by atoms with Crippen molar-refractivity contribution in [2.45, 2.75) is 95.4 Å². The van der Waals surface area contributed by atoms with Crippen molar-refractivity contribution in [2.75, 3.05) is 7.05 Å². The van der Waals surface area contributed by atoms with Gasteiger partial charge in [-0.15, -0.1) is 0 Å². The molecule has 0 spiro atoms. The SMILES string of the molecule is CC(C)[N+]1(C)[C@@H]2CC[C@H]1CC(OC(=O)C(c1ccccc1)C1CCCC1)C2. The zero-order valence-corrected chi connectivity index (χ0v) is 17.3. The number of quaternary nitrogens is 1. The standard InChI is InChI=1S/C24H36NO2/c1-17(2)25(3)20-13-14-21(25)16-22(15-20)27-24(26)23(19-11-7-8-12-19)18-9-5-4-6-10-18/h4-6,9-10,17,19-23H,7-8,11-16H2,1-3H3/q+1/t20-,21+,22?,23?,25?. The van der Waals surface area contributed by atoms with Gasteiger partial charge in [0.05, 0.1) is 31.1 Å². The molecule has 5 atom stereocenters. The van der Waals surface area contributed by atoms with E-state index in [0.29, 0.717) is 24.0 Å². The molecule has 0 aromatic heterocycles. The maximum Gasteiger partial charge on any atom is 0.313 e. The van der Waals surface area contributed by atoms with Gasteiger partial charge < -0.3 is 9.22 Å². The van der Waals surface area contributed by atoms with Crippen LogP contribution in [0.1, 0.15) is 76.7 Å². The molecule has 2 aliphatic heterocycles. The number of nitrogens with zero attached hydrogens (tertiary/aromatic N) is 1. The van der Waals surface area contributed by atoms with Gasteiger partial charge in [-0.25, -0.2) is 0 Å². The Labute approximate surface area is 164 Å². The Morgan fingerprint density at radius 3 is 2.15 bits per heavy atom. The summed E-state index contributed by atoms with van der Waals surface area (Å²) in [5.74, 6) is 0.425. The van der Waals surface area contributed by atoms with Crippen molar-refractivity contribution in [3.63, 3.8) is 0 Å². The predicted molar refractivity (Wildman–Crippen MR) is 108 cm³/mol. The summed E-state index contributed by atoms with van der Waals surface area (Å²) in [5.41, 5.74) is 1.15. The van der Waals surface area contributed by atoms with Crippen LogP contribution in [0.4, 0.5) is 0 Å². The first-order valence-electron chi connectivity index (χ1n) is 11.1. The van der Waals surface area contributed by atoms with Crippen LogP contribution >= 0.6 is 0 Å². The molecule has 1 aromatic carbocycles. The summed E-state index contributed by atoms with van der Waals surface area (Å²) in [7, 11) is 2.43. The quantitative estimate of drug-likeness (QED) is 0.535. The van der Waals surface area contributed by atoms with E-state index in [1.54, 1.807) is 0 Å². The second-order valence-corrected chi connectivity index (χ2v) is 9.66. The molecule has 148 valence electrons. The number of carbonyl (C=O) groups excluding carboxylic acids is 1. The van der Waals surface area contributed by atoms with E-state index in [0.717, 1.165) is 31.2 Å². The van der Waals surface area contributed by atoms with Gasteiger partial charge in [0.2, 0.25) is 0 Å². The van der Waals surface area contributed by atoms with Crippen molar-refractivity contribution in [3.8, 4) is 0 Å². The van der Waals surface area contributed by atoms with Gasteiger partial charge in [-0.3, -0.25) is 4.79 Å². The van der Waals surface area contributed by atoms with E-state index in [1.165, 1.54) is 30.2 Å². The molecular formula is C24H36NO2+. The van der Waals surface area contributed by atoms with Gasteiger partial charge in [0.1, 0.15) is 6.10 Å². The number of ether oxygens (including phenoxy) is 1. The molecular weight excluding hydrogens is 334 g/mol. The molecule has 0 radical (unpaired) electrons. The van der Waals surface area contributed by atoms with Crippen molar-refractivity contribution in [1.29, 1.82) is 0 Å². The van der Waals surface area contributed by atoms with Crippen LogP contribution in [0.3, 0.4) is 0 Å². The minimum Gasteiger partial charge on any atom is -0.461 e.